The van der Waals surface area contributed by atoms with Crippen molar-refractivity contribution in [1.29, 1.82) is 0 Å². The molecule has 3 rings (SSSR count). The second kappa shape index (κ2) is 8.16. The van der Waals surface area contributed by atoms with E-state index < -0.39 is 0 Å². The highest BCUT2D eigenvalue weighted by atomic mass is 16.5. The van der Waals surface area contributed by atoms with Crippen molar-refractivity contribution in [3.05, 3.63) is 84.2 Å². The molecule has 0 aliphatic carbocycles. The zero-order chi connectivity index (χ0) is 18.4. The highest BCUT2D eigenvalue weighted by Gasteiger charge is 2.07. The van der Waals surface area contributed by atoms with Crippen molar-refractivity contribution in [2.75, 3.05) is 0 Å². The molecule has 5 heteroatoms. The summed E-state index contributed by atoms with van der Waals surface area (Å²) in [6.07, 6.45) is 4.22. The van der Waals surface area contributed by atoms with Crippen LogP contribution in [0.15, 0.2) is 73.1 Å². The van der Waals surface area contributed by atoms with Crippen LogP contribution in [0.1, 0.15) is 18.1 Å². The molecular weight excluding hydrogens is 328 g/mol. The van der Waals surface area contributed by atoms with E-state index in [1.165, 1.54) is 6.92 Å². The average Bonchev–Trinajstić information content (AvgIpc) is 3.16. The zero-order valence-corrected chi connectivity index (χ0v) is 14.5. The first-order chi connectivity index (χ1) is 12.6. The molecule has 0 saturated carbocycles. The van der Waals surface area contributed by atoms with Gasteiger partial charge in [-0.1, -0.05) is 30.3 Å². The van der Waals surface area contributed by atoms with Crippen LogP contribution >= 0.6 is 0 Å². The Morgan fingerprint density at radius 2 is 1.65 bits per heavy atom. The zero-order valence-electron chi connectivity index (χ0n) is 14.5. The molecule has 2 aromatic carbocycles. The van der Waals surface area contributed by atoms with Gasteiger partial charge in [-0.25, -0.2) is 0 Å². The molecule has 1 amide bonds. The maximum atomic E-state index is 12.2. The van der Waals surface area contributed by atoms with Crippen LogP contribution < -0.4 is 10.1 Å². The topological polar surface area (TPSA) is 60.3 Å². The summed E-state index contributed by atoms with van der Waals surface area (Å²) < 4.78 is 7.01. The number of hydrogen-bond donors (Lipinski definition) is 1. The van der Waals surface area contributed by atoms with E-state index in [0.717, 1.165) is 16.8 Å². The van der Waals surface area contributed by atoms with Crippen LogP contribution in [0.3, 0.4) is 0 Å². The Kier molecular flexibility index (Phi) is 5.49. The predicted octanol–water partition coefficient (Wildman–Crippen LogP) is 3.26. The van der Waals surface area contributed by atoms with E-state index in [1.54, 1.807) is 24.3 Å². The minimum Gasteiger partial charge on any atom is -0.427 e. The van der Waals surface area contributed by atoms with Gasteiger partial charge in [-0.15, -0.1) is 0 Å². The summed E-state index contributed by atoms with van der Waals surface area (Å²) >= 11 is 0. The van der Waals surface area contributed by atoms with Gasteiger partial charge in [0.15, 0.2) is 0 Å². The first kappa shape index (κ1) is 17.5. The highest BCUT2D eigenvalue weighted by molar-refractivity contribution is 5.78. The Morgan fingerprint density at radius 1 is 0.962 bits per heavy atom. The quantitative estimate of drug-likeness (QED) is 0.549. The van der Waals surface area contributed by atoms with Gasteiger partial charge in [0.2, 0.25) is 5.91 Å². The van der Waals surface area contributed by atoms with Gasteiger partial charge in [0.25, 0.3) is 0 Å². The Morgan fingerprint density at radius 3 is 2.35 bits per heavy atom. The standard InChI is InChI=1S/C21H20N2O3/c1-16(24)26-19-10-8-17(9-11-19)14-21(25)22-15-18-6-2-3-7-20(18)23-12-4-5-13-23/h2-13H,14-15H2,1H3,(H,22,25). The largest absolute Gasteiger partial charge is 0.427 e. The number of rotatable bonds is 6. The van der Waals surface area contributed by atoms with Crippen molar-refractivity contribution in [2.24, 2.45) is 0 Å². The third-order valence-electron chi connectivity index (χ3n) is 3.90. The summed E-state index contributed by atoms with van der Waals surface area (Å²) in [6.45, 7) is 1.81. The molecule has 0 aliphatic heterocycles. The first-order valence-corrected chi connectivity index (χ1v) is 8.37. The summed E-state index contributed by atoms with van der Waals surface area (Å²) in [4.78, 5) is 23.2. The normalized spacial score (nSPS) is 10.3. The van der Waals surface area contributed by atoms with Gasteiger partial charge in [-0.2, -0.15) is 0 Å². The number of esters is 1. The maximum Gasteiger partial charge on any atom is 0.308 e. The number of nitrogens with zero attached hydrogens (tertiary/aromatic N) is 1. The van der Waals surface area contributed by atoms with Gasteiger partial charge in [0.1, 0.15) is 5.75 Å². The molecule has 3 aromatic rings. The molecule has 0 spiro atoms. The lowest BCUT2D eigenvalue weighted by atomic mass is 10.1. The van der Waals surface area contributed by atoms with Gasteiger partial charge in [-0.3, -0.25) is 9.59 Å². The molecule has 0 aliphatic rings. The Balaban J connectivity index is 1.59. The number of nitrogens with one attached hydrogen (secondary N) is 1. The Labute approximate surface area is 152 Å². The van der Waals surface area contributed by atoms with E-state index in [4.69, 9.17) is 4.74 Å². The SMILES string of the molecule is CC(=O)Oc1ccc(CC(=O)NCc2ccccc2-n2cccc2)cc1. The molecule has 1 heterocycles. The van der Waals surface area contributed by atoms with E-state index in [2.05, 4.69) is 5.32 Å². The number of carbonyl (C=O) groups excluding carboxylic acids is 2. The fourth-order valence-electron chi connectivity index (χ4n) is 2.69. The summed E-state index contributed by atoms with van der Waals surface area (Å²) in [5.41, 5.74) is 2.95. The van der Waals surface area contributed by atoms with Gasteiger partial charge in [0, 0.05) is 31.5 Å². The fourth-order valence-corrected chi connectivity index (χ4v) is 2.69. The van der Waals surface area contributed by atoms with Crippen LogP contribution in [0, 0.1) is 0 Å². The van der Waals surface area contributed by atoms with E-state index in [-0.39, 0.29) is 18.3 Å². The van der Waals surface area contributed by atoms with E-state index in [9.17, 15) is 9.59 Å². The van der Waals surface area contributed by atoms with Crippen molar-refractivity contribution in [3.63, 3.8) is 0 Å². The number of para-hydroxylation sites is 1. The first-order valence-electron chi connectivity index (χ1n) is 8.37. The van der Waals surface area contributed by atoms with Gasteiger partial charge in [0.05, 0.1) is 6.42 Å². The van der Waals surface area contributed by atoms with Crippen molar-refractivity contribution in [3.8, 4) is 11.4 Å². The van der Waals surface area contributed by atoms with E-state index >= 15 is 0 Å². The number of amides is 1. The maximum absolute atomic E-state index is 12.2. The molecule has 5 nitrogen and oxygen atoms in total. The third-order valence-corrected chi connectivity index (χ3v) is 3.90. The lowest BCUT2D eigenvalue weighted by Crippen LogP contribution is -2.25. The summed E-state index contributed by atoms with van der Waals surface area (Å²) in [6, 6.07) is 18.8. The van der Waals surface area contributed by atoms with Crippen molar-refractivity contribution >= 4 is 11.9 Å². The van der Waals surface area contributed by atoms with Gasteiger partial charge in [-0.05, 0) is 41.5 Å². The second-order valence-electron chi connectivity index (χ2n) is 5.91. The third kappa shape index (κ3) is 4.60. The number of benzene rings is 2. The summed E-state index contributed by atoms with van der Waals surface area (Å²) in [5, 5.41) is 2.96. The second-order valence-corrected chi connectivity index (χ2v) is 5.91. The van der Waals surface area contributed by atoms with Crippen LogP contribution in [0.2, 0.25) is 0 Å². The summed E-state index contributed by atoms with van der Waals surface area (Å²) in [5.74, 6) is 0.0479. The molecule has 1 aromatic heterocycles. The van der Waals surface area contributed by atoms with E-state index in [0.29, 0.717) is 12.3 Å². The van der Waals surface area contributed by atoms with Crippen molar-refractivity contribution < 1.29 is 14.3 Å². The molecule has 1 N–H and O–H groups in total. The number of carbonyl (C=O) groups is 2. The highest BCUT2D eigenvalue weighted by Crippen LogP contribution is 2.15. The molecule has 0 bridgehead atoms. The number of ether oxygens (including phenoxy) is 1. The Bertz CT molecular complexity index is 884. The number of hydrogen-bond acceptors (Lipinski definition) is 3. The van der Waals surface area contributed by atoms with E-state index in [1.807, 2.05) is 53.4 Å². The monoisotopic (exact) mass is 348 g/mol. The van der Waals surface area contributed by atoms with Crippen LogP contribution in [0.5, 0.6) is 5.75 Å². The van der Waals surface area contributed by atoms with Gasteiger partial charge >= 0.3 is 5.97 Å². The molecule has 0 unspecified atom stereocenters. The smallest absolute Gasteiger partial charge is 0.308 e. The molecular formula is C21H20N2O3. The van der Waals surface area contributed by atoms with Crippen LogP contribution in [-0.4, -0.2) is 16.4 Å². The molecule has 0 saturated heterocycles. The molecule has 0 fully saturated rings. The lowest BCUT2D eigenvalue weighted by molar-refractivity contribution is -0.131. The van der Waals surface area contributed by atoms with Gasteiger partial charge < -0.3 is 14.6 Å². The van der Waals surface area contributed by atoms with Crippen LogP contribution in [0.25, 0.3) is 5.69 Å². The lowest BCUT2D eigenvalue weighted by Gasteiger charge is -2.12. The predicted molar refractivity (Wildman–Crippen MR) is 99.1 cm³/mol. The molecule has 0 radical (unpaired) electrons. The van der Waals surface area contributed by atoms with Crippen LogP contribution in [0.4, 0.5) is 0 Å². The minimum absolute atomic E-state index is 0.0625. The number of aromatic nitrogens is 1. The van der Waals surface area contributed by atoms with Crippen molar-refractivity contribution in [1.82, 2.24) is 9.88 Å². The van der Waals surface area contributed by atoms with Crippen LogP contribution in [-0.2, 0) is 22.6 Å². The van der Waals surface area contributed by atoms with Crippen molar-refractivity contribution in [2.45, 2.75) is 19.9 Å². The Hall–Kier alpha value is -3.34. The summed E-state index contributed by atoms with van der Waals surface area (Å²) in [7, 11) is 0. The minimum atomic E-state index is -0.364. The molecule has 0 atom stereocenters. The average molecular weight is 348 g/mol. The molecule has 132 valence electrons. The fraction of sp³-hybridized carbons (Fsp3) is 0.143. The molecule has 26 heavy (non-hydrogen) atoms.